The summed E-state index contributed by atoms with van der Waals surface area (Å²) in [5.41, 5.74) is 3.75. The molecule has 5 rings (SSSR count). The van der Waals surface area contributed by atoms with Crippen LogP contribution in [0.5, 0.6) is 5.75 Å². The highest BCUT2D eigenvalue weighted by Gasteiger charge is 2.24. The van der Waals surface area contributed by atoms with Crippen molar-refractivity contribution in [3.63, 3.8) is 0 Å². The average Bonchev–Trinajstić information content (AvgIpc) is 3.41. The molecule has 0 radical (unpaired) electrons. The zero-order valence-corrected chi connectivity index (χ0v) is 23.1. The van der Waals surface area contributed by atoms with Crippen LogP contribution in [-0.4, -0.2) is 34.1 Å². The number of aromatic carboxylic acids is 1. The minimum atomic E-state index is -1.21. The van der Waals surface area contributed by atoms with E-state index in [-0.39, 0.29) is 11.1 Å². The average molecular weight is 572 g/mol. The summed E-state index contributed by atoms with van der Waals surface area (Å²) in [6.45, 7) is 1.97. The molecule has 0 aliphatic carbocycles. The van der Waals surface area contributed by atoms with Crippen LogP contribution in [0.1, 0.15) is 52.1 Å². The van der Waals surface area contributed by atoms with Crippen LogP contribution in [0.15, 0.2) is 78.9 Å². The third-order valence-corrected chi connectivity index (χ3v) is 7.21. The molecule has 41 heavy (non-hydrogen) atoms. The Bertz CT molecular complexity index is 1730. The number of carboxylic acid groups (broad SMARTS) is 1. The predicted molar refractivity (Wildman–Crippen MR) is 157 cm³/mol. The summed E-state index contributed by atoms with van der Waals surface area (Å²) in [6, 6.07) is 21.0. The van der Waals surface area contributed by atoms with E-state index in [1.165, 1.54) is 25.3 Å². The molecule has 1 amide bonds. The number of hydrogen-bond donors (Lipinski definition) is 3. The van der Waals surface area contributed by atoms with Crippen LogP contribution >= 0.6 is 11.6 Å². The number of aromatic nitrogens is 2. The number of aromatic amines is 1. The van der Waals surface area contributed by atoms with E-state index >= 15 is 0 Å². The van der Waals surface area contributed by atoms with E-state index in [1.807, 2.05) is 37.3 Å². The van der Waals surface area contributed by atoms with Gasteiger partial charge >= 0.3 is 5.97 Å². The molecular formula is C32H27ClFN3O4. The molecule has 0 fully saturated rings. The molecule has 0 aliphatic rings. The minimum absolute atomic E-state index is 0.0884. The maximum Gasteiger partial charge on any atom is 0.336 e. The van der Waals surface area contributed by atoms with Crippen molar-refractivity contribution in [1.82, 2.24) is 15.3 Å². The number of carbonyl (C=O) groups is 2. The fourth-order valence-electron chi connectivity index (χ4n) is 4.96. The van der Waals surface area contributed by atoms with Gasteiger partial charge in [-0.3, -0.25) is 4.79 Å². The number of H-pyrrole nitrogens is 1. The third-order valence-electron chi connectivity index (χ3n) is 6.89. The molecule has 5 aromatic rings. The molecule has 4 aromatic carbocycles. The number of methoxy groups -OCH3 is 1. The van der Waals surface area contributed by atoms with Gasteiger partial charge in [0.1, 0.15) is 17.4 Å². The van der Waals surface area contributed by atoms with Crippen molar-refractivity contribution >= 4 is 34.5 Å². The van der Waals surface area contributed by atoms with Crippen LogP contribution in [0.4, 0.5) is 4.39 Å². The predicted octanol–water partition coefficient (Wildman–Crippen LogP) is 7.67. The van der Waals surface area contributed by atoms with E-state index in [0.29, 0.717) is 45.3 Å². The Morgan fingerprint density at radius 2 is 1.85 bits per heavy atom. The second-order valence-electron chi connectivity index (χ2n) is 9.53. The van der Waals surface area contributed by atoms with Crippen LogP contribution in [0.3, 0.4) is 0 Å². The molecule has 208 valence electrons. The van der Waals surface area contributed by atoms with Gasteiger partial charge in [-0.2, -0.15) is 0 Å². The first kappa shape index (κ1) is 27.9. The standard InChI is InChI=1S/C32H27ClFN3O4/c1-3-7-25(21-15-13-19(34)17-28(21)41-2)37-31(38)18-12-14-20(23(16-18)32(39)40)29-22(8-6-9-24(29)33)30-35-26-10-4-5-11-27(26)36-30/h4-6,8-17,25H,3,7H2,1-2H3,(H,35,36)(H,37,38)(H,39,40)/t25-/m0/s1. The molecule has 7 nitrogen and oxygen atoms in total. The summed E-state index contributed by atoms with van der Waals surface area (Å²) < 4.78 is 19.1. The number of ether oxygens (including phenoxy) is 1. The molecule has 0 saturated carbocycles. The topological polar surface area (TPSA) is 104 Å². The Kier molecular flexibility index (Phi) is 8.03. The lowest BCUT2D eigenvalue weighted by atomic mass is 9.93. The maximum absolute atomic E-state index is 13.8. The van der Waals surface area contributed by atoms with Gasteiger partial charge in [0.15, 0.2) is 0 Å². The van der Waals surface area contributed by atoms with Crippen LogP contribution in [0, 0.1) is 5.82 Å². The van der Waals surface area contributed by atoms with Crippen molar-refractivity contribution in [3.05, 3.63) is 106 Å². The molecular weight excluding hydrogens is 545 g/mol. The lowest BCUT2D eigenvalue weighted by Gasteiger charge is -2.21. The van der Waals surface area contributed by atoms with E-state index < -0.39 is 23.7 Å². The first-order valence-electron chi connectivity index (χ1n) is 13.1. The van der Waals surface area contributed by atoms with E-state index in [9.17, 15) is 19.1 Å². The second-order valence-corrected chi connectivity index (χ2v) is 9.94. The van der Waals surface area contributed by atoms with Crippen LogP contribution in [0.25, 0.3) is 33.5 Å². The van der Waals surface area contributed by atoms with E-state index in [1.54, 1.807) is 30.3 Å². The lowest BCUT2D eigenvalue weighted by molar-refractivity contribution is 0.0697. The molecule has 0 spiro atoms. The van der Waals surface area contributed by atoms with Crippen LogP contribution in [-0.2, 0) is 0 Å². The Hall–Kier alpha value is -4.69. The van der Waals surface area contributed by atoms with Gasteiger partial charge in [0.2, 0.25) is 0 Å². The summed E-state index contributed by atoms with van der Waals surface area (Å²) in [7, 11) is 1.44. The number of imidazole rings is 1. The zero-order chi connectivity index (χ0) is 29.1. The number of benzene rings is 4. The molecule has 1 heterocycles. The molecule has 9 heteroatoms. The molecule has 0 aliphatic heterocycles. The fourth-order valence-corrected chi connectivity index (χ4v) is 5.24. The number of carbonyl (C=O) groups excluding carboxylic acids is 1. The van der Waals surface area contributed by atoms with Crippen molar-refractivity contribution < 1.29 is 23.8 Å². The first-order chi connectivity index (χ1) is 19.8. The first-order valence-corrected chi connectivity index (χ1v) is 13.4. The summed E-state index contributed by atoms with van der Waals surface area (Å²) >= 11 is 6.65. The van der Waals surface area contributed by atoms with Gasteiger partial charge in [0, 0.05) is 33.3 Å². The minimum Gasteiger partial charge on any atom is -0.496 e. The SMILES string of the molecule is CCC[C@H](NC(=O)c1ccc(-c2c(Cl)cccc2-c2nc3ccccc3[nH]2)c(C(=O)O)c1)c1ccc(F)cc1OC. The highest BCUT2D eigenvalue weighted by Crippen LogP contribution is 2.39. The van der Waals surface area contributed by atoms with Crippen molar-refractivity contribution in [2.75, 3.05) is 7.11 Å². The maximum atomic E-state index is 13.8. The van der Waals surface area contributed by atoms with Gasteiger partial charge in [-0.1, -0.05) is 61.3 Å². The summed E-state index contributed by atoms with van der Waals surface area (Å²) in [5.74, 6) is -1.27. The van der Waals surface area contributed by atoms with Gasteiger partial charge < -0.3 is 20.1 Å². The Morgan fingerprint density at radius 3 is 2.59 bits per heavy atom. The van der Waals surface area contributed by atoms with Gasteiger partial charge in [-0.05, 0) is 48.4 Å². The highest BCUT2D eigenvalue weighted by molar-refractivity contribution is 6.34. The van der Waals surface area contributed by atoms with Gasteiger partial charge in [0.25, 0.3) is 5.91 Å². The van der Waals surface area contributed by atoms with Gasteiger partial charge in [-0.25, -0.2) is 14.2 Å². The van der Waals surface area contributed by atoms with Crippen molar-refractivity contribution in [2.45, 2.75) is 25.8 Å². The monoisotopic (exact) mass is 571 g/mol. The number of carboxylic acids is 1. The number of nitrogens with one attached hydrogen (secondary N) is 2. The van der Waals surface area contributed by atoms with Crippen molar-refractivity contribution in [1.29, 1.82) is 0 Å². The highest BCUT2D eigenvalue weighted by atomic mass is 35.5. The number of para-hydroxylation sites is 2. The normalized spacial score (nSPS) is 11.8. The second kappa shape index (κ2) is 11.8. The van der Waals surface area contributed by atoms with E-state index in [2.05, 4.69) is 15.3 Å². The number of nitrogens with zero attached hydrogens (tertiary/aromatic N) is 1. The van der Waals surface area contributed by atoms with E-state index in [0.717, 1.165) is 17.5 Å². The fraction of sp³-hybridized carbons (Fsp3) is 0.156. The number of hydrogen-bond acceptors (Lipinski definition) is 4. The summed E-state index contributed by atoms with van der Waals surface area (Å²) in [6.07, 6.45) is 1.31. The summed E-state index contributed by atoms with van der Waals surface area (Å²) in [4.78, 5) is 33.8. The van der Waals surface area contributed by atoms with Crippen LogP contribution < -0.4 is 10.1 Å². The van der Waals surface area contributed by atoms with Crippen LogP contribution in [0.2, 0.25) is 5.02 Å². The van der Waals surface area contributed by atoms with Crippen molar-refractivity contribution in [2.24, 2.45) is 0 Å². The van der Waals surface area contributed by atoms with Crippen molar-refractivity contribution in [3.8, 4) is 28.3 Å². The molecule has 3 N–H and O–H groups in total. The summed E-state index contributed by atoms with van der Waals surface area (Å²) in [5, 5.41) is 13.5. The lowest BCUT2D eigenvalue weighted by Crippen LogP contribution is -2.29. The zero-order valence-electron chi connectivity index (χ0n) is 22.4. The number of fused-ring (bicyclic) bond motifs is 1. The van der Waals surface area contributed by atoms with E-state index in [4.69, 9.17) is 16.3 Å². The number of rotatable bonds is 9. The molecule has 0 bridgehead atoms. The molecule has 0 saturated heterocycles. The quantitative estimate of drug-likeness (QED) is 0.168. The Balaban J connectivity index is 1.54. The third kappa shape index (κ3) is 5.64. The largest absolute Gasteiger partial charge is 0.496 e. The Labute approximate surface area is 241 Å². The van der Waals surface area contributed by atoms with Gasteiger partial charge in [-0.15, -0.1) is 0 Å². The smallest absolute Gasteiger partial charge is 0.336 e. The van der Waals surface area contributed by atoms with Gasteiger partial charge in [0.05, 0.1) is 29.7 Å². The number of halogens is 2. The Morgan fingerprint density at radius 1 is 1.05 bits per heavy atom. The molecule has 1 atom stereocenters. The molecule has 1 aromatic heterocycles. The molecule has 0 unspecified atom stereocenters. The number of amides is 1.